The van der Waals surface area contributed by atoms with Crippen LogP contribution in [-0.2, 0) is 6.42 Å². The zero-order chi connectivity index (χ0) is 12.8. The minimum absolute atomic E-state index is 0.118. The molecule has 6 heteroatoms. The van der Waals surface area contributed by atoms with Crippen LogP contribution in [0.4, 0.5) is 5.13 Å². The second-order valence-electron chi connectivity index (χ2n) is 3.92. The number of aryl methyl sites for hydroxylation is 1. The number of rotatable bonds is 6. The number of amides is 1. The Hall–Kier alpha value is -1.27. The molecule has 0 bridgehead atoms. The van der Waals surface area contributed by atoms with Crippen LogP contribution in [0.3, 0.4) is 0 Å². The molecule has 0 unspecified atom stereocenters. The SMILES string of the molecule is CCCCCc1nnc(NC(=O)c2ccsc2)s1. The third-order valence-corrected chi connectivity index (χ3v) is 4.05. The number of unbranched alkanes of at least 4 members (excludes halogenated alkanes) is 2. The van der Waals surface area contributed by atoms with Crippen molar-refractivity contribution in [2.75, 3.05) is 5.32 Å². The maximum atomic E-state index is 11.8. The van der Waals surface area contributed by atoms with Crippen molar-refractivity contribution in [3.8, 4) is 0 Å². The van der Waals surface area contributed by atoms with E-state index in [-0.39, 0.29) is 5.91 Å². The normalized spacial score (nSPS) is 10.5. The Morgan fingerprint density at radius 1 is 1.39 bits per heavy atom. The predicted molar refractivity (Wildman–Crippen MR) is 75.4 cm³/mol. The molecule has 2 heterocycles. The van der Waals surface area contributed by atoms with Gasteiger partial charge in [0.2, 0.25) is 5.13 Å². The minimum Gasteiger partial charge on any atom is -0.296 e. The topological polar surface area (TPSA) is 54.9 Å². The van der Waals surface area contributed by atoms with Crippen LogP contribution in [0.5, 0.6) is 0 Å². The first-order valence-electron chi connectivity index (χ1n) is 5.95. The molecule has 1 N–H and O–H groups in total. The number of nitrogens with one attached hydrogen (secondary N) is 1. The smallest absolute Gasteiger partial charge is 0.258 e. The van der Waals surface area contributed by atoms with Crippen LogP contribution in [0.15, 0.2) is 16.8 Å². The molecule has 0 saturated heterocycles. The Morgan fingerprint density at radius 2 is 2.28 bits per heavy atom. The van der Waals surface area contributed by atoms with Gasteiger partial charge >= 0.3 is 0 Å². The standard InChI is InChI=1S/C12H15N3OS2/c1-2-3-4-5-10-14-15-12(18-10)13-11(16)9-6-7-17-8-9/h6-8H,2-5H2,1H3,(H,13,15,16). The molecular formula is C12H15N3OS2. The highest BCUT2D eigenvalue weighted by Gasteiger charge is 2.10. The lowest BCUT2D eigenvalue weighted by atomic mass is 10.2. The quantitative estimate of drug-likeness (QED) is 0.823. The highest BCUT2D eigenvalue weighted by molar-refractivity contribution is 7.15. The molecule has 2 aromatic rings. The Labute approximate surface area is 114 Å². The van der Waals surface area contributed by atoms with Gasteiger partial charge in [-0.3, -0.25) is 10.1 Å². The van der Waals surface area contributed by atoms with Crippen LogP contribution >= 0.6 is 22.7 Å². The maximum Gasteiger partial charge on any atom is 0.258 e. The zero-order valence-corrected chi connectivity index (χ0v) is 11.8. The van der Waals surface area contributed by atoms with Gasteiger partial charge in [-0.1, -0.05) is 31.1 Å². The summed E-state index contributed by atoms with van der Waals surface area (Å²) >= 11 is 2.96. The molecule has 0 aliphatic carbocycles. The summed E-state index contributed by atoms with van der Waals surface area (Å²) < 4.78 is 0. The Balaban J connectivity index is 1.88. The van der Waals surface area contributed by atoms with Crippen molar-refractivity contribution in [2.24, 2.45) is 0 Å². The fourth-order valence-corrected chi connectivity index (χ4v) is 2.91. The molecular weight excluding hydrogens is 266 g/mol. The van der Waals surface area contributed by atoms with Gasteiger partial charge in [-0.05, 0) is 17.9 Å². The third kappa shape index (κ3) is 3.61. The molecule has 18 heavy (non-hydrogen) atoms. The van der Waals surface area contributed by atoms with Crippen LogP contribution in [0.1, 0.15) is 41.6 Å². The van der Waals surface area contributed by atoms with Crippen LogP contribution in [0, 0.1) is 0 Å². The Morgan fingerprint density at radius 3 is 3.00 bits per heavy atom. The van der Waals surface area contributed by atoms with E-state index in [1.165, 1.54) is 35.5 Å². The zero-order valence-electron chi connectivity index (χ0n) is 10.2. The molecule has 0 aliphatic heterocycles. The second kappa shape index (κ2) is 6.61. The molecule has 2 aromatic heterocycles. The number of anilines is 1. The van der Waals surface area contributed by atoms with Crippen LogP contribution in [0.25, 0.3) is 0 Å². The number of hydrogen-bond donors (Lipinski definition) is 1. The van der Waals surface area contributed by atoms with Crippen LogP contribution in [-0.4, -0.2) is 16.1 Å². The fourth-order valence-electron chi connectivity index (χ4n) is 1.49. The lowest BCUT2D eigenvalue weighted by Crippen LogP contribution is -2.10. The van der Waals surface area contributed by atoms with Crippen molar-refractivity contribution in [3.05, 3.63) is 27.4 Å². The predicted octanol–water partition coefficient (Wildman–Crippen LogP) is 3.58. The largest absolute Gasteiger partial charge is 0.296 e. The molecule has 0 aliphatic rings. The van der Waals surface area contributed by atoms with E-state index in [1.807, 2.05) is 10.8 Å². The maximum absolute atomic E-state index is 11.8. The summed E-state index contributed by atoms with van der Waals surface area (Å²) in [5.41, 5.74) is 0.669. The first kappa shape index (κ1) is 13.2. The summed E-state index contributed by atoms with van der Waals surface area (Å²) in [5.74, 6) is -0.118. The summed E-state index contributed by atoms with van der Waals surface area (Å²) in [6, 6.07) is 1.79. The molecule has 0 fully saturated rings. The Kier molecular flexibility index (Phi) is 4.83. The number of aromatic nitrogens is 2. The summed E-state index contributed by atoms with van der Waals surface area (Å²) in [5, 5.41) is 16.1. The number of nitrogens with zero attached hydrogens (tertiary/aromatic N) is 2. The summed E-state index contributed by atoms with van der Waals surface area (Å²) in [7, 11) is 0. The summed E-state index contributed by atoms with van der Waals surface area (Å²) in [6.45, 7) is 2.17. The van der Waals surface area contributed by atoms with Crippen molar-refractivity contribution in [3.63, 3.8) is 0 Å². The molecule has 0 spiro atoms. The molecule has 0 saturated carbocycles. The second-order valence-corrected chi connectivity index (χ2v) is 5.77. The van der Waals surface area contributed by atoms with Gasteiger partial charge in [-0.25, -0.2) is 0 Å². The lowest BCUT2D eigenvalue weighted by Gasteiger charge is -1.96. The molecule has 0 radical (unpaired) electrons. The average Bonchev–Trinajstić information content (AvgIpc) is 3.00. The van der Waals surface area contributed by atoms with E-state index in [4.69, 9.17) is 0 Å². The average molecular weight is 281 g/mol. The Bertz CT molecular complexity index is 493. The van der Waals surface area contributed by atoms with E-state index in [0.29, 0.717) is 10.7 Å². The van der Waals surface area contributed by atoms with Gasteiger partial charge in [0.25, 0.3) is 5.91 Å². The third-order valence-electron chi connectivity index (χ3n) is 2.46. The van der Waals surface area contributed by atoms with E-state index < -0.39 is 0 Å². The summed E-state index contributed by atoms with van der Waals surface area (Å²) in [4.78, 5) is 11.8. The molecule has 0 aromatic carbocycles. The lowest BCUT2D eigenvalue weighted by molar-refractivity contribution is 0.102. The van der Waals surface area contributed by atoms with Gasteiger partial charge in [-0.2, -0.15) is 11.3 Å². The molecule has 2 rings (SSSR count). The summed E-state index contributed by atoms with van der Waals surface area (Å²) in [6.07, 6.45) is 4.47. The van der Waals surface area contributed by atoms with Crippen LogP contribution in [0.2, 0.25) is 0 Å². The number of hydrogen-bond acceptors (Lipinski definition) is 5. The number of thiophene rings is 1. The number of carbonyl (C=O) groups excluding carboxylic acids is 1. The molecule has 0 atom stereocenters. The minimum atomic E-state index is -0.118. The van der Waals surface area contributed by atoms with Crippen molar-refractivity contribution in [2.45, 2.75) is 32.6 Å². The van der Waals surface area contributed by atoms with Gasteiger partial charge < -0.3 is 0 Å². The fraction of sp³-hybridized carbons (Fsp3) is 0.417. The first-order valence-corrected chi connectivity index (χ1v) is 7.71. The van der Waals surface area contributed by atoms with E-state index in [2.05, 4.69) is 22.4 Å². The highest BCUT2D eigenvalue weighted by atomic mass is 32.1. The van der Waals surface area contributed by atoms with E-state index in [0.717, 1.165) is 17.8 Å². The van der Waals surface area contributed by atoms with Gasteiger partial charge in [0.15, 0.2) is 0 Å². The van der Waals surface area contributed by atoms with Gasteiger partial charge in [0.1, 0.15) is 5.01 Å². The van der Waals surface area contributed by atoms with Crippen molar-refractivity contribution < 1.29 is 4.79 Å². The van der Waals surface area contributed by atoms with Crippen molar-refractivity contribution in [1.29, 1.82) is 0 Å². The van der Waals surface area contributed by atoms with E-state index in [9.17, 15) is 4.79 Å². The van der Waals surface area contributed by atoms with Gasteiger partial charge in [0, 0.05) is 11.8 Å². The highest BCUT2D eigenvalue weighted by Crippen LogP contribution is 2.18. The monoisotopic (exact) mass is 281 g/mol. The molecule has 4 nitrogen and oxygen atoms in total. The molecule has 1 amide bonds. The van der Waals surface area contributed by atoms with Crippen molar-refractivity contribution >= 4 is 33.7 Å². The van der Waals surface area contributed by atoms with E-state index >= 15 is 0 Å². The first-order chi connectivity index (χ1) is 8.79. The van der Waals surface area contributed by atoms with Crippen LogP contribution < -0.4 is 5.32 Å². The van der Waals surface area contributed by atoms with Crippen molar-refractivity contribution in [1.82, 2.24) is 10.2 Å². The van der Waals surface area contributed by atoms with E-state index in [1.54, 1.807) is 6.07 Å². The van der Waals surface area contributed by atoms with Gasteiger partial charge in [0.05, 0.1) is 5.56 Å². The number of carbonyl (C=O) groups is 1. The molecule has 96 valence electrons. The van der Waals surface area contributed by atoms with Gasteiger partial charge in [-0.15, -0.1) is 10.2 Å².